The van der Waals surface area contributed by atoms with Crippen LogP contribution in [0.1, 0.15) is 22.6 Å². The molecule has 118 valence electrons. The number of furan rings is 1. The molecule has 0 aliphatic heterocycles. The maximum Gasteiger partial charge on any atom is 0.225 e. The SMILES string of the molecule is Cc1cc(NCc2ccccc2C)nc(NCc2ccco2)n1. The molecule has 0 amide bonds. The summed E-state index contributed by atoms with van der Waals surface area (Å²) in [5, 5.41) is 6.54. The van der Waals surface area contributed by atoms with Crippen molar-refractivity contribution in [3.8, 4) is 0 Å². The molecule has 2 aromatic heterocycles. The Morgan fingerprint density at radius 3 is 2.61 bits per heavy atom. The Hall–Kier alpha value is -2.82. The molecule has 1 aromatic carbocycles. The van der Waals surface area contributed by atoms with Crippen LogP contribution in [0.4, 0.5) is 11.8 Å². The van der Waals surface area contributed by atoms with Gasteiger partial charge in [0.05, 0.1) is 12.8 Å². The number of benzene rings is 1. The third-order valence-electron chi connectivity index (χ3n) is 3.58. The maximum atomic E-state index is 5.30. The predicted molar refractivity (Wildman–Crippen MR) is 91.3 cm³/mol. The summed E-state index contributed by atoms with van der Waals surface area (Å²) in [4.78, 5) is 8.90. The maximum absolute atomic E-state index is 5.30. The first-order chi connectivity index (χ1) is 11.2. The molecule has 0 radical (unpaired) electrons. The van der Waals surface area contributed by atoms with E-state index in [-0.39, 0.29) is 0 Å². The van der Waals surface area contributed by atoms with Gasteiger partial charge in [-0.25, -0.2) is 4.98 Å². The smallest absolute Gasteiger partial charge is 0.225 e. The quantitative estimate of drug-likeness (QED) is 0.723. The fourth-order valence-corrected chi connectivity index (χ4v) is 2.31. The Morgan fingerprint density at radius 2 is 1.83 bits per heavy atom. The average Bonchev–Trinajstić information content (AvgIpc) is 3.05. The lowest BCUT2D eigenvalue weighted by Crippen LogP contribution is -2.08. The van der Waals surface area contributed by atoms with E-state index in [1.807, 2.05) is 37.3 Å². The Kier molecular flexibility index (Phi) is 4.57. The van der Waals surface area contributed by atoms with E-state index in [4.69, 9.17) is 4.42 Å². The molecule has 2 heterocycles. The molecular weight excluding hydrogens is 288 g/mol. The normalized spacial score (nSPS) is 10.5. The first-order valence-corrected chi connectivity index (χ1v) is 7.61. The number of hydrogen-bond acceptors (Lipinski definition) is 5. The number of rotatable bonds is 6. The summed E-state index contributed by atoms with van der Waals surface area (Å²) in [5.74, 6) is 2.25. The summed E-state index contributed by atoms with van der Waals surface area (Å²) in [7, 11) is 0. The van der Waals surface area contributed by atoms with Crippen LogP contribution in [0.5, 0.6) is 0 Å². The Morgan fingerprint density at radius 1 is 0.957 bits per heavy atom. The van der Waals surface area contributed by atoms with Crippen LogP contribution in [0.2, 0.25) is 0 Å². The van der Waals surface area contributed by atoms with Gasteiger partial charge in [0.15, 0.2) is 0 Å². The lowest BCUT2D eigenvalue weighted by molar-refractivity contribution is 0.517. The monoisotopic (exact) mass is 308 g/mol. The third-order valence-corrected chi connectivity index (χ3v) is 3.58. The minimum atomic E-state index is 0.563. The highest BCUT2D eigenvalue weighted by molar-refractivity contribution is 5.43. The first-order valence-electron chi connectivity index (χ1n) is 7.61. The van der Waals surface area contributed by atoms with E-state index in [1.165, 1.54) is 11.1 Å². The Labute approximate surface area is 135 Å². The number of anilines is 2. The highest BCUT2D eigenvalue weighted by Crippen LogP contribution is 2.14. The van der Waals surface area contributed by atoms with Crippen molar-refractivity contribution in [2.45, 2.75) is 26.9 Å². The topological polar surface area (TPSA) is 63.0 Å². The van der Waals surface area contributed by atoms with Crippen molar-refractivity contribution in [3.63, 3.8) is 0 Å². The van der Waals surface area contributed by atoms with E-state index in [1.54, 1.807) is 6.26 Å². The Bertz CT molecular complexity index is 768. The second-order valence-electron chi connectivity index (χ2n) is 5.43. The third kappa shape index (κ3) is 4.10. The minimum absolute atomic E-state index is 0.563. The zero-order chi connectivity index (χ0) is 16.1. The zero-order valence-corrected chi connectivity index (χ0v) is 13.3. The molecule has 0 unspecified atom stereocenters. The van der Waals surface area contributed by atoms with Crippen LogP contribution in [0.15, 0.2) is 53.1 Å². The van der Waals surface area contributed by atoms with Gasteiger partial charge in [0.2, 0.25) is 5.95 Å². The van der Waals surface area contributed by atoms with Gasteiger partial charge < -0.3 is 15.1 Å². The summed E-state index contributed by atoms with van der Waals surface area (Å²) in [6.07, 6.45) is 1.66. The second kappa shape index (κ2) is 6.96. The summed E-state index contributed by atoms with van der Waals surface area (Å²) in [6, 6.07) is 14.0. The van der Waals surface area contributed by atoms with Crippen LogP contribution in [-0.2, 0) is 13.1 Å². The molecule has 0 atom stereocenters. The van der Waals surface area contributed by atoms with Crippen molar-refractivity contribution in [1.82, 2.24) is 9.97 Å². The van der Waals surface area contributed by atoms with E-state index in [0.717, 1.165) is 23.8 Å². The first kappa shape index (κ1) is 15.1. The molecule has 0 bridgehead atoms. The zero-order valence-electron chi connectivity index (χ0n) is 13.3. The number of aromatic nitrogens is 2. The fourth-order valence-electron chi connectivity index (χ4n) is 2.31. The molecule has 0 fully saturated rings. The molecule has 5 heteroatoms. The second-order valence-corrected chi connectivity index (χ2v) is 5.43. The molecule has 3 rings (SSSR count). The number of nitrogens with zero attached hydrogens (tertiary/aromatic N) is 2. The van der Waals surface area contributed by atoms with Gasteiger partial charge in [0, 0.05) is 18.3 Å². The molecular formula is C18H20N4O. The van der Waals surface area contributed by atoms with Crippen molar-refractivity contribution in [2.24, 2.45) is 0 Å². The van der Waals surface area contributed by atoms with Crippen molar-refractivity contribution in [2.75, 3.05) is 10.6 Å². The molecule has 0 aliphatic carbocycles. The van der Waals surface area contributed by atoms with E-state index in [2.05, 4.69) is 39.7 Å². The van der Waals surface area contributed by atoms with E-state index in [9.17, 15) is 0 Å². The van der Waals surface area contributed by atoms with Gasteiger partial charge in [-0.2, -0.15) is 4.98 Å². The molecule has 3 aromatic rings. The van der Waals surface area contributed by atoms with Gasteiger partial charge in [-0.1, -0.05) is 24.3 Å². The van der Waals surface area contributed by atoms with Gasteiger partial charge in [-0.15, -0.1) is 0 Å². The number of hydrogen-bond donors (Lipinski definition) is 2. The van der Waals surface area contributed by atoms with Gasteiger partial charge >= 0.3 is 0 Å². The predicted octanol–water partition coefficient (Wildman–Crippen LogP) is 3.91. The van der Waals surface area contributed by atoms with Crippen molar-refractivity contribution in [1.29, 1.82) is 0 Å². The molecule has 0 saturated heterocycles. The lowest BCUT2D eigenvalue weighted by Gasteiger charge is -2.10. The molecule has 0 spiro atoms. The molecule has 23 heavy (non-hydrogen) atoms. The standard InChI is InChI=1S/C18H20N4O/c1-13-6-3-4-7-15(13)11-19-17-10-14(2)21-18(22-17)20-12-16-8-5-9-23-16/h3-10H,11-12H2,1-2H3,(H2,19,20,21,22). The van der Waals surface area contributed by atoms with Crippen LogP contribution in [-0.4, -0.2) is 9.97 Å². The van der Waals surface area contributed by atoms with Crippen molar-refractivity contribution < 1.29 is 4.42 Å². The highest BCUT2D eigenvalue weighted by Gasteiger charge is 2.04. The van der Waals surface area contributed by atoms with Crippen molar-refractivity contribution in [3.05, 3.63) is 71.3 Å². The van der Waals surface area contributed by atoms with E-state index in [0.29, 0.717) is 12.5 Å². The largest absolute Gasteiger partial charge is 0.467 e. The lowest BCUT2D eigenvalue weighted by atomic mass is 10.1. The fraction of sp³-hybridized carbons (Fsp3) is 0.222. The molecule has 0 aliphatic rings. The summed E-state index contributed by atoms with van der Waals surface area (Å²) in [5.41, 5.74) is 3.44. The van der Waals surface area contributed by atoms with E-state index < -0.39 is 0 Å². The van der Waals surface area contributed by atoms with Gasteiger partial charge in [-0.3, -0.25) is 0 Å². The minimum Gasteiger partial charge on any atom is -0.467 e. The van der Waals surface area contributed by atoms with Gasteiger partial charge in [0.25, 0.3) is 0 Å². The molecule has 0 saturated carbocycles. The van der Waals surface area contributed by atoms with Crippen LogP contribution in [0, 0.1) is 13.8 Å². The van der Waals surface area contributed by atoms with Gasteiger partial charge in [-0.05, 0) is 37.1 Å². The Balaban J connectivity index is 1.66. The van der Waals surface area contributed by atoms with Crippen LogP contribution in [0.25, 0.3) is 0 Å². The highest BCUT2D eigenvalue weighted by atomic mass is 16.3. The van der Waals surface area contributed by atoms with Crippen molar-refractivity contribution >= 4 is 11.8 Å². The number of nitrogens with one attached hydrogen (secondary N) is 2. The summed E-state index contributed by atoms with van der Waals surface area (Å²) in [6.45, 7) is 5.37. The summed E-state index contributed by atoms with van der Waals surface area (Å²) >= 11 is 0. The van der Waals surface area contributed by atoms with Crippen LogP contribution in [0.3, 0.4) is 0 Å². The average molecular weight is 308 g/mol. The van der Waals surface area contributed by atoms with Crippen LogP contribution >= 0.6 is 0 Å². The molecule has 5 nitrogen and oxygen atoms in total. The van der Waals surface area contributed by atoms with Crippen LogP contribution < -0.4 is 10.6 Å². The van der Waals surface area contributed by atoms with E-state index >= 15 is 0 Å². The summed E-state index contributed by atoms with van der Waals surface area (Å²) < 4.78 is 5.30. The molecule has 2 N–H and O–H groups in total. The number of aryl methyl sites for hydroxylation is 2. The van der Waals surface area contributed by atoms with Gasteiger partial charge in [0.1, 0.15) is 11.6 Å².